The normalized spacial score (nSPS) is 19.4. The minimum absolute atomic E-state index is 0.132. The third-order valence-corrected chi connectivity index (χ3v) is 40.2. The molecular formula is C48H64O2SiZr. The number of hydrogen-bond acceptors (Lipinski definition) is 2. The van der Waals surface area contributed by atoms with Crippen molar-refractivity contribution in [3.63, 3.8) is 0 Å². The Labute approximate surface area is 312 Å². The molecule has 0 aromatic heterocycles. The van der Waals surface area contributed by atoms with Crippen molar-refractivity contribution in [3.8, 4) is 11.5 Å². The van der Waals surface area contributed by atoms with Crippen LogP contribution in [-0.4, -0.2) is 6.88 Å². The Morgan fingerprint density at radius 2 is 0.827 bits per heavy atom. The molecule has 52 heavy (non-hydrogen) atoms. The van der Waals surface area contributed by atoms with Gasteiger partial charge in [0.15, 0.2) is 0 Å². The summed E-state index contributed by atoms with van der Waals surface area (Å²) >= 11 is -6.80. The average Bonchev–Trinajstić information content (AvgIpc) is 3.59. The second kappa shape index (κ2) is 11.1. The standard InChI is InChI=1S/2C12H13.2C11H16O.2CH3.H2Si.Zr/c2*1-8-6-11-9(2)4-5-10(3)12(11)7-8;2*1-8-5-6-10(12)9(7-8)11(2,3)4;;;;/h2*4-7H,1-3H3;2*5-7,12H,1-4H3;2*1H3;1H2;/q;;;;;;;+2/p-2. The molecule has 2 aliphatic carbocycles. The summed E-state index contributed by atoms with van der Waals surface area (Å²) in [6.45, 7) is 34.2. The van der Waals surface area contributed by atoms with E-state index < -0.39 is 15.3 Å². The molecule has 6 rings (SSSR count). The van der Waals surface area contributed by atoms with Crippen LogP contribution in [0.1, 0.15) is 129 Å². The van der Waals surface area contributed by atoms with Gasteiger partial charge in [-0.3, -0.25) is 0 Å². The van der Waals surface area contributed by atoms with Gasteiger partial charge >= 0.3 is 314 Å². The number of benzene rings is 4. The number of fused-ring (bicyclic) bond motifs is 2. The summed E-state index contributed by atoms with van der Waals surface area (Å²) in [5.41, 5.74) is 17.7. The molecular weight excluding hydrogens is 728 g/mol. The first-order valence-corrected chi connectivity index (χ1v) is 35.0. The van der Waals surface area contributed by atoms with Crippen LogP contribution in [0.15, 0.2) is 71.8 Å². The number of hydrogen-bond donors (Lipinski definition) is 0. The molecule has 0 fully saturated rings. The maximum absolute atomic E-state index is 8.69. The summed E-state index contributed by atoms with van der Waals surface area (Å²) in [5.74, 6) is 1.87. The van der Waals surface area contributed by atoms with Crippen LogP contribution in [0.2, 0.25) is 9.26 Å². The summed E-state index contributed by atoms with van der Waals surface area (Å²) in [7, 11) is 0. The van der Waals surface area contributed by atoms with Gasteiger partial charge in [-0.2, -0.15) is 0 Å². The Kier molecular flexibility index (Phi) is 8.25. The van der Waals surface area contributed by atoms with E-state index in [1.807, 2.05) is 0 Å². The quantitative estimate of drug-likeness (QED) is 0.181. The van der Waals surface area contributed by atoms with Crippen molar-refractivity contribution in [2.24, 2.45) is 0 Å². The van der Waals surface area contributed by atoms with Crippen LogP contribution in [0.25, 0.3) is 12.2 Å². The molecule has 4 aromatic carbocycles. The monoisotopic (exact) mass is 790 g/mol. The molecule has 0 aliphatic heterocycles. The molecule has 2 aliphatic rings. The van der Waals surface area contributed by atoms with E-state index in [2.05, 4.69) is 186 Å². The summed E-state index contributed by atoms with van der Waals surface area (Å²) in [6, 6.07) is 22.9. The van der Waals surface area contributed by atoms with E-state index in [0.29, 0.717) is 0 Å². The second-order valence-corrected chi connectivity index (χ2v) is 64.0. The molecule has 0 N–H and O–H groups in total. The van der Waals surface area contributed by atoms with E-state index in [-0.39, 0.29) is 18.1 Å². The fourth-order valence-corrected chi connectivity index (χ4v) is 43.9. The van der Waals surface area contributed by atoms with Crippen molar-refractivity contribution in [1.29, 1.82) is 0 Å². The predicted molar refractivity (Wildman–Crippen MR) is 226 cm³/mol. The molecule has 0 saturated heterocycles. The first-order chi connectivity index (χ1) is 23.6. The number of aryl methyl sites for hydroxylation is 6. The molecule has 2 atom stereocenters. The zero-order chi connectivity index (χ0) is 38.7. The van der Waals surface area contributed by atoms with E-state index >= 15 is 0 Å². The molecule has 276 valence electrons. The molecule has 4 aromatic rings. The Bertz CT molecular complexity index is 2230. The van der Waals surface area contributed by atoms with E-state index in [1.165, 1.54) is 77.9 Å². The van der Waals surface area contributed by atoms with E-state index in [0.717, 1.165) is 11.5 Å². The van der Waals surface area contributed by atoms with Crippen molar-refractivity contribution in [1.82, 2.24) is 0 Å². The number of rotatable bonds is 6. The van der Waals surface area contributed by atoms with Crippen molar-refractivity contribution in [3.05, 3.63) is 139 Å². The van der Waals surface area contributed by atoms with Crippen LogP contribution in [0, 0.1) is 41.5 Å². The van der Waals surface area contributed by atoms with Gasteiger partial charge in [0, 0.05) is 0 Å². The van der Waals surface area contributed by atoms with Crippen molar-refractivity contribution in [2.75, 3.05) is 0 Å². The van der Waals surface area contributed by atoms with Crippen molar-refractivity contribution < 1.29 is 20.9 Å². The maximum atomic E-state index is 8.69. The Balaban J connectivity index is 1.94. The summed E-state index contributed by atoms with van der Waals surface area (Å²) in [5, 5.41) is 0. The van der Waals surface area contributed by atoms with Gasteiger partial charge in [-0.1, -0.05) is 0 Å². The molecule has 0 bridgehead atoms. The Morgan fingerprint density at radius 3 is 1.15 bits per heavy atom. The minimum atomic E-state index is -6.80. The third kappa shape index (κ3) is 5.64. The zero-order valence-corrected chi connectivity index (χ0v) is 39.0. The molecule has 0 radical (unpaired) electrons. The van der Waals surface area contributed by atoms with Crippen LogP contribution >= 0.6 is 0 Å². The van der Waals surface area contributed by atoms with Gasteiger partial charge < -0.3 is 0 Å². The topological polar surface area (TPSA) is 18.5 Å². The molecule has 2 nitrogen and oxygen atoms in total. The predicted octanol–water partition coefficient (Wildman–Crippen LogP) is 13.1. The molecule has 0 heterocycles. The van der Waals surface area contributed by atoms with Gasteiger partial charge in [0.2, 0.25) is 0 Å². The fraction of sp³-hybridized carbons (Fsp3) is 0.417. The van der Waals surface area contributed by atoms with Crippen LogP contribution in [0.5, 0.6) is 11.5 Å². The van der Waals surface area contributed by atoms with Crippen LogP contribution < -0.4 is 5.63 Å². The third-order valence-electron chi connectivity index (χ3n) is 13.0. The van der Waals surface area contributed by atoms with E-state index in [4.69, 9.17) is 5.63 Å². The molecule has 2 unspecified atom stereocenters. The summed E-state index contributed by atoms with van der Waals surface area (Å²) in [6.07, 6.45) is 4.92. The van der Waals surface area contributed by atoms with E-state index in [1.54, 1.807) is 0 Å². The molecule has 0 saturated carbocycles. The Hall–Kier alpha value is -2.94. The van der Waals surface area contributed by atoms with E-state index in [9.17, 15) is 0 Å². The van der Waals surface area contributed by atoms with Gasteiger partial charge in [-0.15, -0.1) is 0 Å². The van der Waals surface area contributed by atoms with Gasteiger partial charge in [0.1, 0.15) is 0 Å². The molecule has 0 amide bonds. The SMILES string of the molecule is CC1=Cc2c(C)ccc(C)c2[CH]1[Zr]([CH3])([CH3])(=[SiH2])([O]c1ccc(C)cc1C(C)(C)C)([O]c1ccc(C)cc1C(C)(C)C)[CH]1C(C)=Cc2c(C)ccc(C)c21. The second-order valence-electron chi connectivity index (χ2n) is 21.0. The van der Waals surface area contributed by atoms with Crippen LogP contribution in [-0.2, 0) is 26.1 Å². The van der Waals surface area contributed by atoms with Crippen molar-refractivity contribution in [2.45, 2.75) is 124 Å². The van der Waals surface area contributed by atoms with Gasteiger partial charge in [0.05, 0.1) is 0 Å². The van der Waals surface area contributed by atoms with Crippen LogP contribution in [0.3, 0.4) is 0 Å². The first kappa shape index (κ1) is 38.8. The van der Waals surface area contributed by atoms with Gasteiger partial charge in [-0.25, -0.2) is 0 Å². The Morgan fingerprint density at radius 1 is 0.500 bits per heavy atom. The first-order valence-electron chi connectivity index (χ1n) is 19.4. The molecule has 0 spiro atoms. The number of allylic oxidation sites excluding steroid dienone is 2. The van der Waals surface area contributed by atoms with Crippen LogP contribution in [0.4, 0.5) is 0 Å². The summed E-state index contributed by atoms with van der Waals surface area (Å²) < 4.78 is 22.2. The zero-order valence-electron chi connectivity index (χ0n) is 35.1. The summed E-state index contributed by atoms with van der Waals surface area (Å²) in [4.78, 5) is 0. The van der Waals surface area contributed by atoms with Gasteiger partial charge in [0.25, 0.3) is 0 Å². The van der Waals surface area contributed by atoms with Crippen molar-refractivity contribution >= 4 is 19.0 Å². The van der Waals surface area contributed by atoms with Gasteiger partial charge in [-0.05, 0) is 0 Å². The average molecular weight is 792 g/mol. The molecule has 4 heteroatoms. The fourth-order valence-electron chi connectivity index (χ4n) is 11.0.